The number of hydrogen-bond acceptors (Lipinski definition) is 4. The summed E-state index contributed by atoms with van der Waals surface area (Å²) in [6, 6.07) is 13.0. The molecule has 5 nitrogen and oxygen atoms in total. The minimum absolute atomic E-state index is 0.0740. The van der Waals surface area contributed by atoms with Crippen molar-refractivity contribution in [1.29, 1.82) is 5.26 Å². The Morgan fingerprint density at radius 3 is 2.57 bits per heavy atom. The Labute approximate surface area is 124 Å². The van der Waals surface area contributed by atoms with Gasteiger partial charge in [-0.05, 0) is 36.2 Å². The lowest BCUT2D eigenvalue weighted by molar-refractivity contribution is 0.601. The first kappa shape index (κ1) is 14.9. The number of nitriles is 1. The largest absolute Gasteiger partial charge is 0.398 e. The number of nitrogen functional groups attached to an aromatic ring is 1. The first-order valence-corrected chi connectivity index (χ1v) is 7.86. The lowest BCUT2D eigenvalue weighted by atomic mass is 10.1. The van der Waals surface area contributed by atoms with Gasteiger partial charge in [-0.15, -0.1) is 0 Å². The maximum Gasteiger partial charge on any atom is 0.262 e. The van der Waals surface area contributed by atoms with Crippen LogP contribution < -0.4 is 10.5 Å². The predicted molar refractivity (Wildman–Crippen MR) is 82.2 cm³/mol. The van der Waals surface area contributed by atoms with Crippen LogP contribution in [-0.2, 0) is 16.4 Å². The molecular weight excluding hydrogens is 286 g/mol. The third kappa shape index (κ3) is 3.15. The fourth-order valence-corrected chi connectivity index (χ4v) is 3.05. The summed E-state index contributed by atoms with van der Waals surface area (Å²) in [4.78, 5) is 0.0740. The average molecular weight is 301 g/mol. The van der Waals surface area contributed by atoms with E-state index in [0.717, 1.165) is 12.0 Å². The standard InChI is InChI=1S/C15H15N3O2S/c1-2-11-7-8-13(9-14(11)17)21(19,20)18-15-6-4-3-5-12(15)10-16/h3-9,18H,2,17H2,1H3. The number of nitrogens with zero attached hydrogens (tertiary/aromatic N) is 1. The SMILES string of the molecule is CCc1ccc(S(=O)(=O)Nc2ccccc2C#N)cc1N. The lowest BCUT2D eigenvalue weighted by Crippen LogP contribution is -2.14. The van der Waals surface area contributed by atoms with Crippen molar-refractivity contribution in [3.05, 3.63) is 53.6 Å². The zero-order valence-electron chi connectivity index (χ0n) is 11.5. The lowest BCUT2D eigenvalue weighted by Gasteiger charge is -2.11. The molecule has 0 fully saturated rings. The first-order valence-electron chi connectivity index (χ1n) is 6.38. The predicted octanol–water partition coefficient (Wildman–Crippen LogP) is 2.50. The van der Waals surface area contributed by atoms with Crippen LogP contribution in [0.1, 0.15) is 18.1 Å². The molecule has 108 valence electrons. The third-order valence-electron chi connectivity index (χ3n) is 3.10. The van der Waals surface area contributed by atoms with Crippen LogP contribution in [0.2, 0.25) is 0 Å². The molecule has 0 unspecified atom stereocenters. The van der Waals surface area contributed by atoms with Crippen LogP contribution in [0.5, 0.6) is 0 Å². The number of rotatable bonds is 4. The molecule has 0 amide bonds. The molecule has 0 aromatic heterocycles. The van der Waals surface area contributed by atoms with E-state index in [-0.39, 0.29) is 16.1 Å². The molecule has 2 aromatic rings. The second-order valence-corrected chi connectivity index (χ2v) is 6.16. The van der Waals surface area contributed by atoms with Crippen molar-refractivity contribution in [3.8, 4) is 6.07 Å². The minimum Gasteiger partial charge on any atom is -0.398 e. The molecule has 2 rings (SSSR count). The minimum atomic E-state index is -3.77. The first-order chi connectivity index (χ1) is 9.97. The van der Waals surface area contributed by atoms with Gasteiger partial charge in [0, 0.05) is 5.69 Å². The van der Waals surface area contributed by atoms with E-state index < -0.39 is 10.0 Å². The summed E-state index contributed by atoms with van der Waals surface area (Å²) in [6.45, 7) is 1.95. The summed E-state index contributed by atoms with van der Waals surface area (Å²) in [7, 11) is -3.77. The highest BCUT2D eigenvalue weighted by Crippen LogP contribution is 2.22. The van der Waals surface area contributed by atoms with Gasteiger partial charge in [0.2, 0.25) is 0 Å². The summed E-state index contributed by atoms with van der Waals surface area (Å²) in [5, 5.41) is 8.99. The van der Waals surface area contributed by atoms with Gasteiger partial charge in [0.25, 0.3) is 10.0 Å². The summed E-state index contributed by atoms with van der Waals surface area (Å²) >= 11 is 0. The molecule has 0 aliphatic rings. The fraction of sp³-hybridized carbons (Fsp3) is 0.133. The van der Waals surface area contributed by atoms with Crippen LogP contribution in [0.15, 0.2) is 47.4 Å². The molecule has 0 heterocycles. The van der Waals surface area contributed by atoms with Crippen molar-refractivity contribution < 1.29 is 8.42 Å². The van der Waals surface area contributed by atoms with E-state index in [2.05, 4.69) is 4.72 Å². The van der Waals surface area contributed by atoms with Crippen LogP contribution in [0, 0.1) is 11.3 Å². The summed E-state index contributed by atoms with van der Waals surface area (Å²) < 4.78 is 27.1. The number of hydrogen-bond donors (Lipinski definition) is 2. The summed E-state index contributed by atoms with van der Waals surface area (Å²) in [5.74, 6) is 0. The van der Waals surface area contributed by atoms with E-state index in [4.69, 9.17) is 11.0 Å². The average Bonchev–Trinajstić information content (AvgIpc) is 2.47. The van der Waals surface area contributed by atoms with Crippen molar-refractivity contribution in [2.75, 3.05) is 10.5 Å². The van der Waals surface area contributed by atoms with Crippen molar-refractivity contribution in [2.45, 2.75) is 18.2 Å². The second kappa shape index (κ2) is 5.85. The maximum atomic E-state index is 12.3. The summed E-state index contributed by atoms with van der Waals surface area (Å²) in [5.41, 5.74) is 7.68. The van der Waals surface area contributed by atoms with E-state index >= 15 is 0 Å². The molecule has 0 saturated carbocycles. The van der Waals surface area contributed by atoms with Gasteiger partial charge in [-0.25, -0.2) is 8.42 Å². The number of aryl methyl sites for hydroxylation is 1. The Kier molecular flexibility index (Phi) is 4.15. The number of nitrogens with two attached hydrogens (primary N) is 1. The number of benzene rings is 2. The molecular formula is C15H15N3O2S. The Morgan fingerprint density at radius 1 is 1.24 bits per heavy atom. The molecule has 2 aromatic carbocycles. The Hall–Kier alpha value is -2.52. The van der Waals surface area contributed by atoms with Gasteiger partial charge >= 0.3 is 0 Å². The van der Waals surface area contributed by atoms with Crippen LogP contribution in [0.3, 0.4) is 0 Å². The van der Waals surface area contributed by atoms with E-state index in [1.54, 1.807) is 30.3 Å². The van der Waals surface area contributed by atoms with Crippen LogP contribution in [-0.4, -0.2) is 8.42 Å². The van der Waals surface area contributed by atoms with E-state index in [0.29, 0.717) is 5.69 Å². The highest BCUT2D eigenvalue weighted by molar-refractivity contribution is 7.92. The molecule has 3 N–H and O–H groups in total. The molecule has 0 bridgehead atoms. The molecule has 0 spiro atoms. The normalized spacial score (nSPS) is 10.9. The van der Waals surface area contributed by atoms with Gasteiger partial charge < -0.3 is 5.73 Å². The van der Waals surface area contributed by atoms with Crippen molar-refractivity contribution >= 4 is 21.4 Å². The highest BCUT2D eigenvalue weighted by Gasteiger charge is 2.16. The molecule has 6 heteroatoms. The second-order valence-electron chi connectivity index (χ2n) is 4.48. The van der Waals surface area contributed by atoms with Crippen LogP contribution in [0.25, 0.3) is 0 Å². The molecule has 0 atom stereocenters. The number of nitrogens with one attached hydrogen (secondary N) is 1. The van der Waals surface area contributed by atoms with E-state index in [1.807, 2.05) is 13.0 Å². The quantitative estimate of drug-likeness (QED) is 0.848. The number of anilines is 2. The molecule has 21 heavy (non-hydrogen) atoms. The molecule has 0 radical (unpaired) electrons. The Bertz CT molecular complexity index is 808. The Morgan fingerprint density at radius 2 is 1.95 bits per heavy atom. The number of sulfonamides is 1. The molecule has 0 saturated heterocycles. The topological polar surface area (TPSA) is 96.0 Å². The monoisotopic (exact) mass is 301 g/mol. The fourth-order valence-electron chi connectivity index (χ4n) is 1.94. The molecule has 0 aliphatic carbocycles. The zero-order valence-corrected chi connectivity index (χ0v) is 12.3. The number of para-hydroxylation sites is 1. The molecule has 0 aliphatic heterocycles. The van der Waals surface area contributed by atoms with Crippen LogP contribution in [0.4, 0.5) is 11.4 Å². The Balaban J connectivity index is 2.39. The maximum absolute atomic E-state index is 12.3. The van der Waals surface area contributed by atoms with Gasteiger partial charge in [0.15, 0.2) is 0 Å². The summed E-state index contributed by atoms with van der Waals surface area (Å²) in [6.07, 6.45) is 0.733. The van der Waals surface area contributed by atoms with E-state index in [1.165, 1.54) is 12.1 Å². The smallest absolute Gasteiger partial charge is 0.262 e. The zero-order chi connectivity index (χ0) is 15.5. The van der Waals surface area contributed by atoms with Crippen molar-refractivity contribution in [1.82, 2.24) is 0 Å². The van der Waals surface area contributed by atoms with Crippen molar-refractivity contribution in [2.24, 2.45) is 0 Å². The third-order valence-corrected chi connectivity index (χ3v) is 4.46. The van der Waals surface area contributed by atoms with Gasteiger partial charge in [-0.3, -0.25) is 4.72 Å². The van der Waals surface area contributed by atoms with Gasteiger partial charge in [0.1, 0.15) is 6.07 Å². The van der Waals surface area contributed by atoms with Gasteiger partial charge in [-0.1, -0.05) is 25.1 Å². The van der Waals surface area contributed by atoms with Gasteiger partial charge in [0.05, 0.1) is 16.1 Å². The van der Waals surface area contributed by atoms with E-state index in [9.17, 15) is 8.42 Å². The highest BCUT2D eigenvalue weighted by atomic mass is 32.2. The van der Waals surface area contributed by atoms with Crippen molar-refractivity contribution in [3.63, 3.8) is 0 Å². The van der Waals surface area contributed by atoms with Gasteiger partial charge in [-0.2, -0.15) is 5.26 Å². The van der Waals surface area contributed by atoms with Crippen LogP contribution >= 0.6 is 0 Å².